The van der Waals surface area contributed by atoms with Crippen molar-refractivity contribution in [3.05, 3.63) is 119 Å². The zero-order chi connectivity index (χ0) is 22.9. The van der Waals surface area contributed by atoms with E-state index in [1.807, 2.05) is 42.5 Å². The van der Waals surface area contributed by atoms with Crippen molar-refractivity contribution in [2.75, 3.05) is 16.8 Å². The zero-order valence-electron chi connectivity index (χ0n) is 18.6. The van der Waals surface area contributed by atoms with Crippen molar-refractivity contribution in [1.82, 2.24) is 14.5 Å². The van der Waals surface area contributed by atoms with E-state index in [1.54, 1.807) is 22.9 Å². The molecule has 0 aliphatic carbocycles. The molecule has 3 heterocycles. The summed E-state index contributed by atoms with van der Waals surface area (Å²) in [6, 6.07) is 29.8. The maximum absolute atomic E-state index is 12.6. The highest BCUT2D eigenvalue weighted by molar-refractivity contribution is 5.77. The van der Waals surface area contributed by atoms with E-state index in [-0.39, 0.29) is 5.56 Å². The van der Waals surface area contributed by atoms with Crippen LogP contribution in [0.3, 0.4) is 0 Å². The van der Waals surface area contributed by atoms with Crippen LogP contribution in [0.5, 0.6) is 0 Å². The van der Waals surface area contributed by atoms with E-state index in [2.05, 4.69) is 56.6 Å². The Morgan fingerprint density at radius 1 is 0.765 bits per heavy atom. The first-order chi connectivity index (χ1) is 16.7. The van der Waals surface area contributed by atoms with Crippen molar-refractivity contribution in [3.8, 4) is 5.69 Å². The molecule has 6 heteroatoms. The monoisotopic (exact) mass is 445 g/mol. The van der Waals surface area contributed by atoms with Crippen LogP contribution in [-0.2, 0) is 13.0 Å². The number of hydrogen-bond acceptors (Lipinski definition) is 5. The smallest absolute Gasteiger partial charge is 0.256 e. The molecule has 6 rings (SSSR count). The Bertz CT molecular complexity index is 1530. The molecular weight excluding hydrogens is 422 g/mol. The minimum Gasteiger partial charge on any atom is -0.367 e. The Balaban J connectivity index is 1.27. The number of aromatic nitrogens is 3. The lowest BCUT2D eigenvalue weighted by atomic mass is 9.99. The van der Waals surface area contributed by atoms with Crippen LogP contribution in [0.25, 0.3) is 16.7 Å². The van der Waals surface area contributed by atoms with Crippen molar-refractivity contribution >= 4 is 28.4 Å². The summed E-state index contributed by atoms with van der Waals surface area (Å²) in [7, 11) is 0. The van der Waals surface area contributed by atoms with Crippen molar-refractivity contribution < 1.29 is 0 Å². The second-order valence-electron chi connectivity index (χ2n) is 8.43. The van der Waals surface area contributed by atoms with Gasteiger partial charge in [0.2, 0.25) is 5.95 Å². The van der Waals surface area contributed by atoms with E-state index in [9.17, 15) is 4.79 Å². The van der Waals surface area contributed by atoms with Gasteiger partial charge in [-0.15, -0.1) is 0 Å². The van der Waals surface area contributed by atoms with Gasteiger partial charge in [-0.2, -0.15) is 4.98 Å². The molecule has 0 atom stereocenters. The molecular formula is C28H23N5O. The quantitative estimate of drug-likeness (QED) is 0.418. The molecule has 0 amide bonds. The molecule has 0 bridgehead atoms. The van der Waals surface area contributed by atoms with E-state index in [0.717, 1.165) is 36.3 Å². The van der Waals surface area contributed by atoms with Crippen molar-refractivity contribution in [2.24, 2.45) is 0 Å². The topological polar surface area (TPSA) is 63.1 Å². The highest BCUT2D eigenvalue weighted by atomic mass is 16.1. The lowest BCUT2D eigenvalue weighted by molar-refractivity contribution is 0.732. The molecule has 0 radical (unpaired) electrons. The fourth-order valence-electron chi connectivity index (χ4n) is 4.51. The van der Waals surface area contributed by atoms with Gasteiger partial charge in [0.25, 0.3) is 5.56 Å². The second kappa shape index (κ2) is 8.48. The Hall–Kier alpha value is -4.45. The normalized spacial score (nSPS) is 13.0. The average molecular weight is 446 g/mol. The van der Waals surface area contributed by atoms with Crippen LogP contribution in [0.2, 0.25) is 0 Å². The van der Waals surface area contributed by atoms with E-state index in [1.165, 1.54) is 16.8 Å². The highest BCUT2D eigenvalue weighted by Crippen LogP contribution is 2.26. The molecule has 3 aromatic carbocycles. The van der Waals surface area contributed by atoms with Crippen molar-refractivity contribution in [1.29, 1.82) is 0 Å². The van der Waals surface area contributed by atoms with Crippen LogP contribution in [0, 0.1) is 0 Å². The fourth-order valence-corrected chi connectivity index (χ4v) is 4.51. The Morgan fingerprint density at radius 2 is 1.53 bits per heavy atom. The molecule has 0 spiro atoms. The highest BCUT2D eigenvalue weighted by Gasteiger charge is 2.16. The number of nitrogens with zero attached hydrogens (tertiary/aromatic N) is 4. The van der Waals surface area contributed by atoms with Gasteiger partial charge in [-0.05, 0) is 60.0 Å². The first-order valence-electron chi connectivity index (χ1n) is 11.4. The Kier molecular flexibility index (Phi) is 5.03. The molecule has 6 nitrogen and oxygen atoms in total. The van der Waals surface area contributed by atoms with Crippen LogP contribution in [0.15, 0.2) is 102 Å². The van der Waals surface area contributed by atoms with Gasteiger partial charge >= 0.3 is 0 Å². The summed E-state index contributed by atoms with van der Waals surface area (Å²) in [5.74, 6) is 0.447. The van der Waals surface area contributed by atoms with Crippen molar-refractivity contribution in [2.45, 2.75) is 13.0 Å². The number of nitrogens with one attached hydrogen (secondary N) is 1. The zero-order valence-corrected chi connectivity index (χ0v) is 18.6. The SMILES string of the molecule is O=c1ccc2cnc(Nc3ccc(N4CCc5ccccc5C4)cc3)nc2n1-c1ccccc1. The molecule has 5 aromatic rings. The first kappa shape index (κ1) is 20.2. The second-order valence-corrected chi connectivity index (χ2v) is 8.43. The Labute approximate surface area is 197 Å². The van der Waals surface area contributed by atoms with Gasteiger partial charge in [0.15, 0.2) is 5.65 Å². The minimum atomic E-state index is -0.129. The minimum absolute atomic E-state index is 0.129. The summed E-state index contributed by atoms with van der Waals surface area (Å²) >= 11 is 0. The van der Waals surface area contributed by atoms with E-state index < -0.39 is 0 Å². The van der Waals surface area contributed by atoms with Crippen LogP contribution >= 0.6 is 0 Å². The summed E-state index contributed by atoms with van der Waals surface area (Å²) in [4.78, 5) is 24.2. The standard InChI is InChI=1S/C28H23N5O/c34-26-15-10-21-18-29-28(31-27(21)33(26)25-8-2-1-3-9-25)30-23-11-13-24(14-12-23)32-17-16-20-6-4-5-7-22(20)19-32/h1-15,18H,16-17,19H2,(H,29,30,31). The lowest BCUT2D eigenvalue weighted by Gasteiger charge is -2.30. The molecule has 0 saturated carbocycles. The third-order valence-corrected chi connectivity index (χ3v) is 6.27. The maximum Gasteiger partial charge on any atom is 0.256 e. The van der Waals surface area contributed by atoms with Crippen LogP contribution in [0.4, 0.5) is 17.3 Å². The molecule has 1 aliphatic rings. The van der Waals surface area contributed by atoms with E-state index >= 15 is 0 Å². The number of hydrogen-bond donors (Lipinski definition) is 1. The van der Waals surface area contributed by atoms with Gasteiger partial charge in [-0.3, -0.25) is 9.36 Å². The molecule has 2 aromatic heterocycles. The summed E-state index contributed by atoms with van der Waals surface area (Å²) in [5, 5.41) is 4.08. The van der Waals surface area contributed by atoms with E-state index in [0.29, 0.717) is 11.6 Å². The van der Waals surface area contributed by atoms with E-state index in [4.69, 9.17) is 0 Å². The van der Waals surface area contributed by atoms with Gasteiger partial charge in [-0.25, -0.2) is 4.98 Å². The lowest BCUT2D eigenvalue weighted by Crippen LogP contribution is -2.30. The molecule has 0 saturated heterocycles. The number of para-hydroxylation sites is 1. The van der Waals surface area contributed by atoms with Gasteiger partial charge in [-0.1, -0.05) is 42.5 Å². The number of pyridine rings is 1. The predicted molar refractivity (Wildman–Crippen MR) is 136 cm³/mol. The summed E-state index contributed by atoms with van der Waals surface area (Å²) < 4.78 is 1.61. The number of anilines is 3. The summed E-state index contributed by atoms with van der Waals surface area (Å²) in [5.41, 5.74) is 6.14. The molecule has 0 fully saturated rings. The summed E-state index contributed by atoms with van der Waals surface area (Å²) in [6.45, 7) is 1.93. The van der Waals surface area contributed by atoms with Crippen LogP contribution in [0.1, 0.15) is 11.1 Å². The van der Waals surface area contributed by atoms with Gasteiger partial charge in [0.1, 0.15) is 0 Å². The largest absolute Gasteiger partial charge is 0.367 e. The average Bonchev–Trinajstić information content (AvgIpc) is 2.89. The molecule has 166 valence electrons. The Morgan fingerprint density at radius 3 is 2.35 bits per heavy atom. The third-order valence-electron chi connectivity index (χ3n) is 6.27. The van der Waals surface area contributed by atoms with Gasteiger partial charge < -0.3 is 10.2 Å². The fraction of sp³-hybridized carbons (Fsp3) is 0.107. The van der Waals surface area contributed by atoms with Crippen LogP contribution in [-0.4, -0.2) is 21.1 Å². The number of fused-ring (bicyclic) bond motifs is 2. The summed E-state index contributed by atoms with van der Waals surface area (Å²) in [6.07, 6.45) is 2.80. The predicted octanol–water partition coefficient (Wildman–Crippen LogP) is 5.09. The molecule has 1 N–H and O–H groups in total. The first-order valence-corrected chi connectivity index (χ1v) is 11.4. The number of rotatable bonds is 4. The van der Waals surface area contributed by atoms with Crippen LogP contribution < -0.4 is 15.8 Å². The van der Waals surface area contributed by atoms with Crippen molar-refractivity contribution in [3.63, 3.8) is 0 Å². The third kappa shape index (κ3) is 3.79. The molecule has 0 unspecified atom stereocenters. The molecule has 1 aliphatic heterocycles. The van der Waals surface area contributed by atoms with Gasteiger partial charge in [0, 0.05) is 42.1 Å². The maximum atomic E-state index is 12.6. The van der Waals surface area contributed by atoms with Gasteiger partial charge in [0.05, 0.1) is 5.69 Å². The number of benzene rings is 3. The molecule has 34 heavy (non-hydrogen) atoms.